The summed E-state index contributed by atoms with van der Waals surface area (Å²) in [7, 11) is -3.51. The summed E-state index contributed by atoms with van der Waals surface area (Å²) >= 11 is 0. The summed E-state index contributed by atoms with van der Waals surface area (Å²) < 4.78 is 27.4. The van der Waals surface area contributed by atoms with Gasteiger partial charge in [-0.15, -0.1) is 0 Å². The fourth-order valence-corrected chi connectivity index (χ4v) is 4.36. The van der Waals surface area contributed by atoms with Crippen LogP contribution in [0.2, 0.25) is 0 Å². The monoisotopic (exact) mass is 286 g/mol. The number of sulfonamides is 1. The van der Waals surface area contributed by atoms with Gasteiger partial charge in [0.2, 0.25) is 10.0 Å². The summed E-state index contributed by atoms with van der Waals surface area (Å²) in [5.74, 6) is 0. The maximum Gasteiger partial charge on any atom is 0.244 e. The van der Waals surface area contributed by atoms with Gasteiger partial charge in [0.1, 0.15) is 4.90 Å². The van der Waals surface area contributed by atoms with Gasteiger partial charge in [0.15, 0.2) is 0 Å². The molecule has 0 saturated heterocycles. The average molecular weight is 286 g/mol. The molecular weight excluding hydrogens is 264 g/mol. The summed E-state index contributed by atoms with van der Waals surface area (Å²) in [6, 6.07) is 0. The van der Waals surface area contributed by atoms with Crippen molar-refractivity contribution in [2.75, 3.05) is 13.1 Å². The summed E-state index contributed by atoms with van der Waals surface area (Å²) in [4.78, 5) is 0.262. The molecule has 0 aromatic carbocycles. The zero-order valence-electron chi connectivity index (χ0n) is 11.5. The van der Waals surface area contributed by atoms with Gasteiger partial charge in [-0.1, -0.05) is 12.8 Å². The number of aromatic nitrogens is 2. The van der Waals surface area contributed by atoms with Gasteiger partial charge in [0.25, 0.3) is 0 Å². The van der Waals surface area contributed by atoms with E-state index in [9.17, 15) is 8.42 Å². The molecule has 0 aliphatic heterocycles. The molecule has 0 amide bonds. The van der Waals surface area contributed by atoms with Gasteiger partial charge in [0.05, 0.1) is 11.4 Å². The van der Waals surface area contributed by atoms with E-state index in [4.69, 9.17) is 5.73 Å². The molecular formula is C12H22N4O2S. The first-order chi connectivity index (χ1) is 8.90. The van der Waals surface area contributed by atoms with Crippen LogP contribution in [0.25, 0.3) is 0 Å². The highest BCUT2D eigenvalue weighted by atomic mass is 32.2. The number of nitrogens with two attached hydrogens (primary N) is 1. The van der Waals surface area contributed by atoms with E-state index in [-0.39, 0.29) is 10.3 Å². The Hall–Kier alpha value is -0.920. The second kappa shape index (κ2) is 5.22. The van der Waals surface area contributed by atoms with Gasteiger partial charge in [-0.2, -0.15) is 5.10 Å². The first kappa shape index (κ1) is 14.5. The minimum Gasteiger partial charge on any atom is -0.330 e. The average Bonchev–Trinajstić information content (AvgIpc) is 2.95. The third kappa shape index (κ3) is 2.82. The molecule has 1 aromatic rings. The molecule has 1 aromatic heterocycles. The SMILES string of the molecule is Cc1n[nH]c(C)c1S(=O)(=O)NCC1(CN)CCCC1. The van der Waals surface area contributed by atoms with Crippen LogP contribution in [0.1, 0.15) is 37.1 Å². The third-order valence-electron chi connectivity index (χ3n) is 4.06. The Balaban J connectivity index is 2.14. The van der Waals surface area contributed by atoms with Crippen molar-refractivity contribution in [2.24, 2.45) is 11.1 Å². The molecule has 2 rings (SSSR count). The molecule has 1 fully saturated rings. The van der Waals surface area contributed by atoms with Gasteiger partial charge in [0, 0.05) is 6.54 Å². The van der Waals surface area contributed by atoms with Crippen LogP contribution in [0.15, 0.2) is 4.90 Å². The Morgan fingerprint density at radius 2 is 2.00 bits per heavy atom. The number of hydrogen-bond acceptors (Lipinski definition) is 4. The normalized spacial score (nSPS) is 18.9. The van der Waals surface area contributed by atoms with Crippen LogP contribution in [0.3, 0.4) is 0 Å². The van der Waals surface area contributed by atoms with Crippen molar-refractivity contribution in [2.45, 2.75) is 44.4 Å². The number of hydrogen-bond donors (Lipinski definition) is 3. The van der Waals surface area contributed by atoms with Crippen molar-refractivity contribution in [3.63, 3.8) is 0 Å². The van der Waals surface area contributed by atoms with Crippen LogP contribution in [0.5, 0.6) is 0 Å². The summed E-state index contributed by atoms with van der Waals surface area (Å²) in [5.41, 5.74) is 6.82. The molecule has 0 atom stereocenters. The highest BCUT2D eigenvalue weighted by Gasteiger charge is 2.34. The molecule has 0 spiro atoms. The fraction of sp³-hybridized carbons (Fsp3) is 0.750. The highest BCUT2D eigenvalue weighted by molar-refractivity contribution is 7.89. The molecule has 19 heavy (non-hydrogen) atoms. The van der Waals surface area contributed by atoms with E-state index in [2.05, 4.69) is 14.9 Å². The maximum absolute atomic E-state index is 12.3. The lowest BCUT2D eigenvalue weighted by atomic mass is 9.87. The van der Waals surface area contributed by atoms with Crippen LogP contribution < -0.4 is 10.5 Å². The summed E-state index contributed by atoms with van der Waals surface area (Å²) in [6.45, 7) is 4.34. The quantitative estimate of drug-likeness (QED) is 0.746. The first-order valence-electron chi connectivity index (χ1n) is 6.61. The first-order valence-corrected chi connectivity index (χ1v) is 8.10. The van der Waals surface area contributed by atoms with Crippen molar-refractivity contribution in [1.29, 1.82) is 0 Å². The number of rotatable bonds is 5. The standard InChI is InChI=1S/C12H22N4O2S/c1-9-11(10(2)16-15-9)19(17,18)14-8-12(7-13)5-3-4-6-12/h14H,3-8,13H2,1-2H3,(H,15,16). The van der Waals surface area contributed by atoms with Crippen molar-refractivity contribution < 1.29 is 8.42 Å². The minimum atomic E-state index is -3.51. The zero-order valence-corrected chi connectivity index (χ0v) is 12.3. The van der Waals surface area contributed by atoms with Crippen LogP contribution in [0, 0.1) is 19.3 Å². The lowest BCUT2D eigenvalue weighted by Crippen LogP contribution is -2.40. The predicted octanol–water partition coefficient (Wildman–Crippen LogP) is 0.824. The lowest BCUT2D eigenvalue weighted by molar-refractivity contribution is 0.309. The number of aryl methyl sites for hydroxylation is 2. The van der Waals surface area contributed by atoms with E-state index < -0.39 is 10.0 Å². The predicted molar refractivity (Wildman–Crippen MR) is 73.2 cm³/mol. The Kier molecular flexibility index (Phi) is 3.98. The largest absolute Gasteiger partial charge is 0.330 e. The van der Waals surface area contributed by atoms with Gasteiger partial charge < -0.3 is 5.73 Å². The van der Waals surface area contributed by atoms with Crippen LogP contribution in [-0.4, -0.2) is 31.7 Å². The minimum absolute atomic E-state index is 0.0708. The molecule has 7 heteroatoms. The molecule has 1 heterocycles. The number of aromatic amines is 1. The van der Waals surface area contributed by atoms with Crippen molar-refractivity contribution in [3.8, 4) is 0 Å². The van der Waals surface area contributed by atoms with Crippen LogP contribution in [0.4, 0.5) is 0 Å². The zero-order chi connectivity index (χ0) is 14.1. The second-order valence-corrected chi connectivity index (χ2v) is 7.20. The van der Waals surface area contributed by atoms with Crippen molar-refractivity contribution >= 4 is 10.0 Å². The Bertz CT molecular complexity index is 525. The Morgan fingerprint density at radius 1 is 1.37 bits per heavy atom. The summed E-state index contributed by atoms with van der Waals surface area (Å²) in [5, 5.41) is 6.63. The molecule has 1 aliphatic rings. The van der Waals surface area contributed by atoms with Gasteiger partial charge >= 0.3 is 0 Å². The van der Waals surface area contributed by atoms with E-state index in [0.29, 0.717) is 24.5 Å². The molecule has 108 valence electrons. The van der Waals surface area contributed by atoms with E-state index in [1.165, 1.54) is 0 Å². The van der Waals surface area contributed by atoms with Gasteiger partial charge in [-0.05, 0) is 38.6 Å². The third-order valence-corrected chi connectivity index (χ3v) is 5.73. The molecule has 0 radical (unpaired) electrons. The van der Waals surface area contributed by atoms with E-state index in [1.807, 2.05) is 0 Å². The van der Waals surface area contributed by atoms with Crippen LogP contribution >= 0.6 is 0 Å². The molecule has 6 nitrogen and oxygen atoms in total. The molecule has 1 aliphatic carbocycles. The molecule has 0 bridgehead atoms. The lowest BCUT2D eigenvalue weighted by Gasteiger charge is -2.27. The fourth-order valence-electron chi connectivity index (χ4n) is 2.83. The van der Waals surface area contributed by atoms with E-state index >= 15 is 0 Å². The van der Waals surface area contributed by atoms with Crippen LogP contribution in [-0.2, 0) is 10.0 Å². The van der Waals surface area contributed by atoms with E-state index in [1.54, 1.807) is 13.8 Å². The summed E-state index contributed by atoms with van der Waals surface area (Å²) in [6.07, 6.45) is 4.25. The van der Waals surface area contributed by atoms with Gasteiger partial charge in [-0.25, -0.2) is 13.1 Å². The number of H-pyrrole nitrogens is 1. The number of nitrogens with zero attached hydrogens (tertiary/aromatic N) is 1. The number of nitrogens with one attached hydrogen (secondary N) is 2. The molecule has 4 N–H and O–H groups in total. The van der Waals surface area contributed by atoms with Gasteiger partial charge in [-0.3, -0.25) is 5.10 Å². The highest BCUT2D eigenvalue weighted by Crippen LogP contribution is 2.36. The van der Waals surface area contributed by atoms with Crippen molar-refractivity contribution in [3.05, 3.63) is 11.4 Å². The smallest absolute Gasteiger partial charge is 0.244 e. The Morgan fingerprint density at radius 3 is 2.47 bits per heavy atom. The molecule has 0 unspecified atom stereocenters. The van der Waals surface area contributed by atoms with E-state index in [0.717, 1.165) is 25.7 Å². The topological polar surface area (TPSA) is 101 Å². The second-order valence-electron chi connectivity index (χ2n) is 5.50. The Labute approximate surface area is 114 Å². The molecule has 1 saturated carbocycles. The van der Waals surface area contributed by atoms with Crippen molar-refractivity contribution in [1.82, 2.24) is 14.9 Å². The maximum atomic E-state index is 12.3.